The molecule has 9 nitrogen and oxygen atoms in total. The van der Waals surface area contributed by atoms with Gasteiger partial charge < -0.3 is 19.9 Å². The summed E-state index contributed by atoms with van der Waals surface area (Å²) in [5.41, 5.74) is 0.570. The second kappa shape index (κ2) is 7.96. The van der Waals surface area contributed by atoms with Gasteiger partial charge in [-0.3, -0.25) is 9.59 Å². The average molecular weight is 460 g/mol. The maximum Gasteiger partial charge on any atom is 0.343 e. The van der Waals surface area contributed by atoms with Gasteiger partial charge in [-0.1, -0.05) is 6.07 Å². The summed E-state index contributed by atoms with van der Waals surface area (Å²) in [5, 5.41) is 11.0. The van der Waals surface area contributed by atoms with E-state index in [0.717, 1.165) is 0 Å². The van der Waals surface area contributed by atoms with Crippen molar-refractivity contribution >= 4 is 52.5 Å². The van der Waals surface area contributed by atoms with Crippen molar-refractivity contribution < 1.29 is 33.8 Å². The van der Waals surface area contributed by atoms with Crippen LogP contribution in [0.4, 0.5) is 4.79 Å². The summed E-state index contributed by atoms with van der Waals surface area (Å²) in [5.74, 6) is -2.05. The van der Waals surface area contributed by atoms with Crippen LogP contribution in [0.25, 0.3) is 6.08 Å². The summed E-state index contributed by atoms with van der Waals surface area (Å²) in [6, 6.07) is 4.12. The zero-order valence-electron chi connectivity index (χ0n) is 12.9. The predicted octanol–water partition coefficient (Wildman–Crippen LogP) is 0.820. The van der Waals surface area contributed by atoms with Crippen LogP contribution < -0.4 is 10.1 Å². The highest BCUT2D eigenvalue weighted by molar-refractivity contribution is 14.1. The number of carbonyl (C=O) groups excluding carboxylic acids is 3. The van der Waals surface area contributed by atoms with Crippen molar-refractivity contribution in [2.75, 3.05) is 20.3 Å². The van der Waals surface area contributed by atoms with Gasteiger partial charge in [0.2, 0.25) is 0 Å². The third-order valence-corrected chi connectivity index (χ3v) is 3.94. The molecule has 0 bridgehead atoms. The largest absolute Gasteiger partial charge is 0.481 e. The number of esters is 1. The molecule has 1 fully saturated rings. The lowest BCUT2D eigenvalue weighted by Gasteiger charge is -2.08. The van der Waals surface area contributed by atoms with Crippen molar-refractivity contribution in [2.45, 2.75) is 0 Å². The van der Waals surface area contributed by atoms with Crippen LogP contribution in [-0.4, -0.2) is 54.1 Å². The molecule has 0 aliphatic carbocycles. The van der Waals surface area contributed by atoms with Crippen LogP contribution in [0.5, 0.6) is 5.75 Å². The van der Waals surface area contributed by atoms with Gasteiger partial charge in [0.05, 0.1) is 10.7 Å². The molecular formula is C15H13IN2O7. The van der Waals surface area contributed by atoms with E-state index in [4.69, 9.17) is 9.84 Å². The van der Waals surface area contributed by atoms with Crippen LogP contribution >= 0.6 is 22.6 Å². The minimum absolute atomic E-state index is 0.0229. The van der Waals surface area contributed by atoms with E-state index >= 15 is 0 Å². The molecule has 0 unspecified atom stereocenters. The molecule has 1 saturated heterocycles. The Labute approximate surface area is 155 Å². The maximum atomic E-state index is 12.1. The van der Waals surface area contributed by atoms with Crippen LogP contribution in [-0.2, 0) is 19.1 Å². The molecule has 1 aromatic carbocycles. The predicted molar refractivity (Wildman–Crippen MR) is 92.5 cm³/mol. The van der Waals surface area contributed by atoms with E-state index in [1.54, 1.807) is 18.2 Å². The Morgan fingerprint density at radius 3 is 2.68 bits per heavy atom. The summed E-state index contributed by atoms with van der Waals surface area (Å²) in [6.45, 7) is -0.939. The second-order valence-electron chi connectivity index (χ2n) is 4.83. The number of ether oxygens (including phenoxy) is 2. The van der Waals surface area contributed by atoms with Gasteiger partial charge >= 0.3 is 18.0 Å². The summed E-state index contributed by atoms with van der Waals surface area (Å²) in [4.78, 5) is 46.1. The normalized spacial score (nSPS) is 15.3. The molecule has 10 heteroatoms. The number of methoxy groups -OCH3 is 1. The SMILES string of the molecule is COC(=O)COc1ccc(/C=C2/NC(=O)N(CC(=O)O)C2=O)cc1I. The first-order chi connectivity index (χ1) is 11.8. The van der Waals surface area contributed by atoms with Gasteiger partial charge in [0.25, 0.3) is 5.91 Å². The van der Waals surface area contributed by atoms with E-state index in [2.05, 4.69) is 10.1 Å². The summed E-state index contributed by atoms with van der Waals surface area (Å²) >= 11 is 1.99. The van der Waals surface area contributed by atoms with Crippen molar-refractivity contribution in [3.8, 4) is 5.75 Å². The van der Waals surface area contributed by atoms with Crippen LogP contribution in [0, 0.1) is 3.57 Å². The van der Waals surface area contributed by atoms with Crippen molar-refractivity contribution in [1.82, 2.24) is 10.2 Å². The van der Waals surface area contributed by atoms with Crippen LogP contribution in [0.2, 0.25) is 0 Å². The molecule has 1 aliphatic heterocycles. The Bertz CT molecular complexity index is 775. The van der Waals surface area contributed by atoms with Crippen LogP contribution in [0.1, 0.15) is 5.56 Å². The number of carbonyl (C=O) groups is 4. The molecule has 0 spiro atoms. The fraction of sp³-hybridized carbons (Fsp3) is 0.200. The summed E-state index contributed by atoms with van der Waals surface area (Å²) in [7, 11) is 1.26. The van der Waals surface area contributed by atoms with Gasteiger partial charge in [-0.15, -0.1) is 0 Å². The Hall–Kier alpha value is -2.63. The van der Waals surface area contributed by atoms with Gasteiger partial charge in [0, 0.05) is 0 Å². The van der Waals surface area contributed by atoms with Crippen molar-refractivity contribution in [2.24, 2.45) is 0 Å². The number of aliphatic carboxylic acids is 1. The van der Waals surface area contributed by atoms with Crippen molar-refractivity contribution in [3.05, 3.63) is 33.0 Å². The molecule has 2 rings (SSSR count). The second-order valence-corrected chi connectivity index (χ2v) is 5.99. The lowest BCUT2D eigenvalue weighted by molar-refractivity contribution is -0.143. The monoisotopic (exact) mass is 460 g/mol. The minimum atomic E-state index is -1.29. The maximum absolute atomic E-state index is 12.1. The number of benzene rings is 1. The standard InChI is InChI=1S/C15H13IN2O7/c1-24-13(21)7-25-11-3-2-8(4-9(11)16)5-10-14(22)18(6-12(19)20)15(23)17-10/h2-5H,6-7H2,1H3,(H,17,23)(H,19,20)/b10-5+. The van der Waals surface area contributed by atoms with Crippen molar-refractivity contribution in [1.29, 1.82) is 0 Å². The number of carboxylic acids is 1. The number of amides is 3. The molecular weight excluding hydrogens is 447 g/mol. The van der Waals surface area contributed by atoms with E-state index in [1.807, 2.05) is 22.6 Å². The Kier molecular flexibility index (Phi) is 5.96. The highest BCUT2D eigenvalue weighted by Gasteiger charge is 2.34. The van der Waals surface area contributed by atoms with Gasteiger partial charge in [-0.05, 0) is 46.4 Å². The third-order valence-electron chi connectivity index (χ3n) is 3.10. The molecule has 0 saturated carbocycles. The molecule has 25 heavy (non-hydrogen) atoms. The molecule has 2 N–H and O–H groups in total. The number of urea groups is 1. The number of nitrogens with zero attached hydrogens (tertiary/aromatic N) is 1. The smallest absolute Gasteiger partial charge is 0.343 e. The van der Waals surface area contributed by atoms with E-state index in [-0.39, 0.29) is 12.3 Å². The third kappa shape index (κ3) is 4.68. The summed E-state index contributed by atoms with van der Waals surface area (Å²) < 4.78 is 10.5. The van der Waals surface area contributed by atoms with Gasteiger partial charge in [0.15, 0.2) is 6.61 Å². The molecule has 1 aliphatic rings. The molecule has 0 aromatic heterocycles. The van der Waals surface area contributed by atoms with E-state index < -0.39 is 30.4 Å². The topological polar surface area (TPSA) is 122 Å². The first kappa shape index (κ1) is 18.7. The number of carboxylic acid groups (broad SMARTS) is 1. The van der Waals surface area contributed by atoms with Crippen LogP contribution in [0.3, 0.4) is 0 Å². The average Bonchev–Trinajstić information content (AvgIpc) is 2.81. The van der Waals surface area contributed by atoms with Gasteiger partial charge in [-0.25, -0.2) is 14.5 Å². The quantitative estimate of drug-likeness (QED) is 0.279. The fourth-order valence-corrected chi connectivity index (χ4v) is 2.63. The Balaban J connectivity index is 2.14. The molecule has 1 heterocycles. The molecule has 1 aromatic rings. The lowest BCUT2D eigenvalue weighted by Crippen LogP contribution is -2.35. The number of rotatable bonds is 6. The number of hydrogen-bond donors (Lipinski definition) is 2. The minimum Gasteiger partial charge on any atom is -0.481 e. The molecule has 3 amide bonds. The number of imide groups is 1. The van der Waals surface area contributed by atoms with Crippen molar-refractivity contribution in [3.63, 3.8) is 0 Å². The lowest BCUT2D eigenvalue weighted by atomic mass is 10.2. The summed E-state index contributed by atoms with van der Waals surface area (Å²) in [6.07, 6.45) is 1.42. The number of hydrogen-bond acceptors (Lipinski definition) is 6. The van der Waals surface area contributed by atoms with Gasteiger partial charge in [0.1, 0.15) is 18.0 Å². The number of nitrogens with one attached hydrogen (secondary N) is 1. The highest BCUT2D eigenvalue weighted by Crippen LogP contribution is 2.24. The zero-order valence-corrected chi connectivity index (χ0v) is 15.1. The first-order valence-electron chi connectivity index (χ1n) is 6.87. The number of halogens is 1. The van der Waals surface area contributed by atoms with E-state index in [9.17, 15) is 19.2 Å². The van der Waals surface area contributed by atoms with E-state index in [1.165, 1.54) is 13.2 Å². The molecule has 0 atom stereocenters. The first-order valence-corrected chi connectivity index (χ1v) is 7.95. The van der Waals surface area contributed by atoms with Gasteiger partial charge in [-0.2, -0.15) is 0 Å². The zero-order chi connectivity index (χ0) is 18.6. The fourth-order valence-electron chi connectivity index (χ4n) is 1.94. The molecule has 132 valence electrons. The highest BCUT2D eigenvalue weighted by atomic mass is 127. The molecule has 0 radical (unpaired) electrons. The van der Waals surface area contributed by atoms with E-state index in [0.29, 0.717) is 19.8 Å². The van der Waals surface area contributed by atoms with Crippen LogP contribution in [0.15, 0.2) is 23.9 Å². The Morgan fingerprint density at radius 1 is 1.36 bits per heavy atom. The Morgan fingerprint density at radius 2 is 2.08 bits per heavy atom.